The summed E-state index contributed by atoms with van der Waals surface area (Å²) in [7, 11) is 0. The normalized spacial score (nSPS) is 10.3. The highest BCUT2D eigenvalue weighted by atomic mass is 16.5. The summed E-state index contributed by atoms with van der Waals surface area (Å²) in [5.41, 5.74) is -1.01. The molecule has 0 spiro atoms. The van der Waals surface area contributed by atoms with Gasteiger partial charge in [0, 0.05) is 5.56 Å². The lowest BCUT2D eigenvalue weighted by molar-refractivity contribution is -0.259. The van der Waals surface area contributed by atoms with Gasteiger partial charge in [-0.1, -0.05) is 26.7 Å². The van der Waals surface area contributed by atoms with Crippen molar-refractivity contribution >= 4 is 11.9 Å². The lowest BCUT2D eigenvalue weighted by Crippen LogP contribution is -2.31. The summed E-state index contributed by atoms with van der Waals surface area (Å²) in [4.78, 5) is 22.4. The smallest absolute Gasteiger partial charge is 0.170 e. The molecule has 0 aliphatic rings. The van der Waals surface area contributed by atoms with Crippen molar-refractivity contribution in [2.45, 2.75) is 39.5 Å². The Morgan fingerprint density at radius 3 is 2.05 bits per heavy atom. The zero-order valence-electron chi connectivity index (χ0n) is 12.8. The number of benzene rings is 1. The van der Waals surface area contributed by atoms with Crippen LogP contribution >= 0.6 is 0 Å². The number of aromatic carboxylic acids is 2. The van der Waals surface area contributed by atoms with E-state index >= 15 is 0 Å². The van der Waals surface area contributed by atoms with Crippen LogP contribution in [0.15, 0.2) is 12.1 Å². The lowest BCUT2D eigenvalue weighted by atomic mass is 10.1. The molecule has 22 heavy (non-hydrogen) atoms. The van der Waals surface area contributed by atoms with Crippen LogP contribution < -0.4 is 19.7 Å². The monoisotopic (exact) mass is 308 g/mol. The van der Waals surface area contributed by atoms with Crippen molar-refractivity contribution in [3.05, 3.63) is 23.3 Å². The first-order valence-corrected chi connectivity index (χ1v) is 7.38. The van der Waals surface area contributed by atoms with Crippen LogP contribution in [0.1, 0.15) is 60.2 Å². The number of rotatable bonds is 10. The van der Waals surface area contributed by atoms with Crippen LogP contribution in [0.4, 0.5) is 0 Å². The molecule has 6 nitrogen and oxygen atoms in total. The first-order chi connectivity index (χ1) is 10.5. The molecule has 6 heteroatoms. The topological polar surface area (TPSA) is 98.7 Å². The van der Waals surface area contributed by atoms with Crippen molar-refractivity contribution in [2.24, 2.45) is 0 Å². The van der Waals surface area contributed by atoms with Crippen LogP contribution in [0.2, 0.25) is 0 Å². The molecule has 1 aromatic rings. The standard InChI is InChI=1S/C16H22O6/c1-3-5-9-21-12-8-7-11(15(17)18)13(16(19)20)14(12)22-10-6-4-2/h7-8H,3-6,9-10H2,1-2H3,(H,17,18)(H,19,20)/p-2. The zero-order chi connectivity index (χ0) is 16.5. The molecule has 0 N–H and O–H groups in total. The molecular formula is C16H20O6-2. The fraction of sp³-hybridized carbons (Fsp3) is 0.500. The van der Waals surface area contributed by atoms with Crippen molar-refractivity contribution < 1.29 is 29.3 Å². The van der Waals surface area contributed by atoms with Gasteiger partial charge in [0.25, 0.3) is 0 Å². The summed E-state index contributed by atoms with van der Waals surface area (Å²) in [6.07, 6.45) is 3.26. The van der Waals surface area contributed by atoms with E-state index in [0.29, 0.717) is 13.0 Å². The van der Waals surface area contributed by atoms with E-state index in [-0.39, 0.29) is 18.1 Å². The number of carboxylic acids is 2. The van der Waals surface area contributed by atoms with E-state index in [1.807, 2.05) is 13.8 Å². The largest absolute Gasteiger partial charge is 0.545 e. The highest BCUT2D eigenvalue weighted by Crippen LogP contribution is 2.34. The third-order valence-electron chi connectivity index (χ3n) is 3.05. The van der Waals surface area contributed by atoms with E-state index in [1.54, 1.807) is 0 Å². The Morgan fingerprint density at radius 1 is 0.955 bits per heavy atom. The number of hydrogen-bond acceptors (Lipinski definition) is 6. The van der Waals surface area contributed by atoms with Gasteiger partial charge < -0.3 is 29.3 Å². The third-order valence-corrected chi connectivity index (χ3v) is 3.05. The molecule has 122 valence electrons. The molecule has 0 saturated carbocycles. The molecule has 1 aromatic carbocycles. The van der Waals surface area contributed by atoms with Crippen molar-refractivity contribution in [2.75, 3.05) is 13.2 Å². The van der Waals surface area contributed by atoms with Gasteiger partial charge in [0.15, 0.2) is 11.5 Å². The summed E-state index contributed by atoms with van der Waals surface area (Å²) in [5, 5.41) is 22.4. The van der Waals surface area contributed by atoms with Gasteiger partial charge in [-0.25, -0.2) is 0 Å². The van der Waals surface area contributed by atoms with E-state index < -0.39 is 23.1 Å². The van der Waals surface area contributed by atoms with E-state index in [9.17, 15) is 19.8 Å². The van der Waals surface area contributed by atoms with Gasteiger partial charge in [0.05, 0.1) is 30.7 Å². The molecule has 0 fully saturated rings. The minimum Gasteiger partial charge on any atom is -0.545 e. The fourth-order valence-corrected chi connectivity index (χ4v) is 1.84. The Labute approximate surface area is 129 Å². The van der Waals surface area contributed by atoms with Crippen LogP contribution in [0.5, 0.6) is 11.5 Å². The second-order valence-corrected chi connectivity index (χ2v) is 4.79. The molecule has 0 aromatic heterocycles. The number of carbonyl (C=O) groups excluding carboxylic acids is 2. The van der Waals surface area contributed by atoms with Crippen LogP contribution in [0, 0.1) is 0 Å². The molecule has 0 amide bonds. The average Bonchev–Trinajstić information content (AvgIpc) is 2.47. The van der Waals surface area contributed by atoms with Crippen molar-refractivity contribution in [1.82, 2.24) is 0 Å². The average molecular weight is 308 g/mol. The summed E-state index contributed by atoms with van der Waals surface area (Å²) >= 11 is 0. The first kappa shape index (κ1) is 17.8. The molecule has 0 bridgehead atoms. The molecule has 0 atom stereocenters. The van der Waals surface area contributed by atoms with Crippen molar-refractivity contribution in [3.63, 3.8) is 0 Å². The molecule has 0 radical (unpaired) electrons. The van der Waals surface area contributed by atoms with Gasteiger partial charge in [-0.15, -0.1) is 0 Å². The molecule has 0 unspecified atom stereocenters. The van der Waals surface area contributed by atoms with Gasteiger partial charge in [0.2, 0.25) is 0 Å². The molecule has 0 saturated heterocycles. The second-order valence-electron chi connectivity index (χ2n) is 4.79. The number of ether oxygens (including phenoxy) is 2. The molecular weight excluding hydrogens is 288 g/mol. The number of carbonyl (C=O) groups is 2. The highest BCUT2D eigenvalue weighted by Gasteiger charge is 2.18. The zero-order valence-corrected chi connectivity index (χ0v) is 12.8. The van der Waals surface area contributed by atoms with E-state index in [4.69, 9.17) is 9.47 Å². The minimum absolute atomic E-state index is 0.105. The molecule has 0 aliphatic carbocycles. The predicted molar refractivity (Wildman–Crippen MR) is 75.9 cm³/mol. The van der Waals surface area contributed by atoms with Gasteiger partial charge in [-0.05, 0) is 25.0 Å². The Balaban J connectivity index is 3.21. The van der Waals surface area contributed by atoms with Gasteiger partial charge in [-0.2, -0.15) is 0 Å². The Morgan fingerprint density at radius 2 is 1.55 bits per heavy atom. The quantitative estimate of drug-likeness (QED) is 0.592. The maximum Gasteiger partial charge on any atom is 0.170 e. The van der Waals surface area contributed by atoms with Crippen molar-refractivity contribution in [3.8, 4) is 11.5 Å². The predicted octanol–water partition coefficient (Wildman–Crippen LogP) is 0.771. The lowest BCUT2D eigenvalue weighted by Gasteiger charge is -2.20. The van der Waals surface area contributed by atoms with E-state index in [1.165, 1.54) is 6.07 Å². The maximum atomic E-state index is 11.3. The number of hydrogen-bond donors (Lipinski definition) is 0. The fourth-order valence-electron chi connectivity index (χ4n) is 1.84. The van der Waals surface area contributed by atoms with Crippen LogP contribution in [-0.2, 0) is 0 Å². The van der Waals surface area contributed by atoms with Crippen LogP contribution in [0.3, 0.4) is 0 Å². The van der Waals surface area contributed by atoms with Crippen LogP contribution in [0.25, 0.3) is 0 Å². The number of unbranched alkanes of at least 4 members (excludes halogenated alkanes) is 2. The molecule has 0 heterocycles. The van der Waals surface area contributed by atoms with E-state index in [0.717, 1.165) is 25.3 Å². The maximum absolute atomic E-state index is 11.3. The van der Waals surface area contributed by atoms with Crippen LogP contribution in [-0.4, -0.2) is 25.2 Å². The van der Waals surface area contributed by atoms with Gasteiger partial charge in [-0.3, -0.25) is 0 Å². The summed E-state index contributed by atoms with van der Waals surface area (Å²) in [6, 6.07) is 2.52. The van der Waals surface area contributed by atoms with Gasteiger partial charge in [0.1, 0.15) is 0 Å². The molecule has 0 aliphatic heterocycles. The van der Waals surface area contributed by atoms with Crippen molar-refractivity contribution in [1.29, 1.82) is 0 Å². The first-order valence-electron chi connectivity index (χ1n) is 7.38. The van der Waals surface area contributed by atoms with E-state index in [2.05, 4.69) is 0 Å². The Hall–Kier alpha value is -2.24. The third kappa shape index (κ3) is 4.65. The summed E-state index contributed by atoms with van der Waals surface area (Å²) in [5.74, 6) is -3.13. The Bertz CT molecular complexity index is 524. The molecule has 1 rings (SSSR count). The number of carboxylic acid groups (broad SMARTS) is 2. The second kappa shape index (κ2) is 8.92. The minimum atomic E-state index is -1.63. The summed E-state index contributed by atoms with van der Waals surface area (Å²) < 4.78 is 11.0. The van der Waals surface area contributed by atoms with Gasteiger partial charge >= 0.3 is 0 Å². The SMILES string of the molecule is CCCCOc1ccc(C(=O)[O-])c(C(=O)[O-])c1OCCCC. The Kier molecular flexibility index (Phi) is 7.22. The highest BCUT2D eigenvalue weighted by molar-refractivity contribution is 6.03. The summed E-state index contributed by atoms with van der Waals surface area (Å²) in [6.45, 7) is 4.60.